The number of rotatable bonds is 11. The molecule has 1 atom stereocenters. The molecule has 10 heteroatoms. The minimum absolute atomic E-state index is 0.0524. The first-order chi connectivity index (χ1) is 20.5. The molecule has 0 aromatic heterocycles. The van der Waals surface area contributed by atoms with Gasteiger partial charge >= 0.3 is 0 Å². The minimum Gasteiger partial charge on any atom is -0.352 e. The maximum atomic E-state index is 14.3. The number of carbonyl (C=O) groups excluding carboxylic acids is 2. The number of carbonyl (C=O) groups is 2. The molecule has 1 aliphatic carbocycles. The van der Waals surface area contributed by atoms with Gasteiger partial charge in [0.1, 0.15) is 12.6 Å². The summed E-state index contributed by atoms with van der Waals surface area (Å²) in [4.78, 5) is 29.5. The van der Waals surface area contributed by atoms with E-state index in [0.717, 1.165) is 47.5 Å². The number of halogens is 2. The van der Waals surface area contributed by atoms with Crippen LogP contribution in [0.5, 0.6) is 0 Å². The Balaban J connectivity index is 1.73. The maximum absolute atomic E-state index is 14.3. The minimum atomic E-state index is -4.18. The second kappa shape index (κ2) is 14.6. The second-order valence-electron chi connectivity index (χ2n) is 11.2. The van der Waals surface area contributed by atoms with Crippen molar-refractivity contribution in [2.45, 2.75) is 82.8 Å². The first-order valence-electron chi connectivity index (χ1n) is 14.7. The van der Waals surface area contributed by atoms with E-state index in [1.807, 2.05) is 13.8 Å². The van der Waals surface area contributed by atoms with E-state index in [2.05, 4.69) is 5.32 Å². The van der Waals surface area contributed by atoms with Crippen molar-refractivity contribution in [1.82, 2.24) is 10.2 Å². The lowest BCUT2D eigenvalue weighted by Gasteiger charge is -2.34. The van der Waals surface area contributed by atoms with Gasteiger partial charge in [-0.1, -0.05) is 85.3 Å². The molecule has 1 fully saturated rings. The number of nitrogens with zero attached hydrogens (tertiary/aromatic N) is 2. The van der Waals surface area contributed by atoms with Gasteiger partial charge in [-0.3, -0.25) is 13.9 Å². The van der Waals surface area contributed by atoms with Crippen LogP contribution in [0.15, 0.2) is 71.6 Å². The van der Waals surface area contributed by atoms with Gasteiger partial charge in [0.25, 0.3) is 10.0 Å². The molecule has 1 aliphatic rings. The molecular weight excluding hydrogens is 605 g/mol. The number of benzene rings is 3. The molecule has 0 radical (unpaired) electrons. The van der Waals surface area contributed by atoms with Crippen LogP contribution in [0.25, 0.3) is 0 Å². The van der Waals surface area contributed by atoms with Crippen molar-refractivity contribution in [3.63, 3.8) is 0 Å². The van der Waals surface area contributed by atoms with Crippen LogP contribution in [0.3, 0.4) is 0 Å². The van der Waals surface area contributed by atoms with Crippen molar-refractivity contribution < 1.29 is 18.0 Å². The average Bonchev–Trinajstić information content (AvgIpc) is 2.98. The molecule has 3 aromatic rings. The summed E-state index contributed by atoms with van der Waals surface area (Å²) in [5.74, 6) is -0.737. The number of hydrogen-bond acceptors (Lipinski definition) is 4. The number of sulfonamides is 1. The molecule has 0 bridgehead atoms. The number of aryl methyl sites for hydroxylation is 2. The predicted molar refractivity (Wildman–Crippen MR) is 173 cm³/mol. The van der Waals surface area contributed by atoms with Crippen LogP contribution in [0.2, 0.25) is 10.0 Å². The van der Waals surface area contributed by atoms with E-state index in [-0.39, 0.29) is 23.4 Å². The Bertz CT molecular complexity index is 1520. The van der Waals surface area contributed by atoms with E-state index in [4.69, 9.17) is 23.2 Å². The molecular formula is C33H39Cl2N3O4S. The van der Waals surface area contributed by atoms with Crippen LogP contribution in [0, 0.1) is 13.8 Å². The van der Waals surface area contributed by atoms with E-state index in [9.17, 15) is 18.0 Å². The van der Waals surface area contributed by atoms with Crippen molar-refractivity contribution in [1.29, 1.82) is 0 Å². The number of anilines is 1. The van der Waals surface area contributed by atoms with Gasteiger partial charge in [-0.2, -0.15) is 0 Å². The molecule has 230 valence electrons. The molecule has 3 aromatic carbocycles. The molecule has 0 heterocycles. The van der Waals surface area contributed by atoms with Crippen molar-refractivity contribution >= 4 is 50.7 Å². The highest BCUT2D eigenvalue weighted by atomic mass is 35.5. The smallest absolute Gasteiger partial charge is 0.264 e. The Hall–Kier alpha value is -3.07. The average molecular weight is 645 g/mol. The topological polar surface area (TPSA) is 86.8 Å². The van der Waals surface area contributed by atoms with Crippen molar-refractivity contribution in [3.05, 3.63) is 93.5 Å². The molecule has 7 nitrogen and oxygen atoms in total. The summed E-state index contributed by atoms with van der Waals surface area (Å²) in [6.45, 7) is 5.09. The highest BCUT2D eigenvalue weighted by Crippen LogP contribution is 2.30. The largest absolute Gasteiger partial charge is 0.352 e. The molecule has 0 saturated heterocycles. The summed E-state index contributed by atoms with van der Waals surface area (Å²) >= 11 is 12.4. The molecule has 0 spiro atoms. The highest BCUT2D eigenvalue weighted by Gasteiger charge is 2.35. The Labute approximate surface area is 265 Å². The van der Waals surface area contributed by atoms with Gasteiger partial charge in [-0.15, -0.1) is 0 Å². The van der Waals surface area contributed by atoms with Gasteiger partial charge in [-0.25, -0.2) is 8.42 Å². The third kappa shape index (κ3) is 8.31. The van der Waals surface area contributed by atoms with Crippen LogP contribution in [0.4, 0.5) is 5.69 Å². The lowest BCUT2D eigenvalue weighted by Crippen LogP contribution is -2.54. The fraction of sp³-hybridized carbons (Fsp3) is 0.394. The highest BCUT2D eigenvalue weighted by molar-refractivity contribution is 7.92. The Kier molecular flexibility index (Phi) is 11.2. The van der Waals surface area contributed by atoms with Gasteiger partial charge in [-0.05, 0) is 80.6 Å². The second-order valence-corrected chi connectivity index (χ2v) is 13.9. The lowest BCUT2D eigenvalue weighted by atomic mass is 9.95. The first-order valence-corrected chi connectivity index (χ1v) is 16.9. The number of nitrogens with one attached hydrogen (secondary N) is 1. The van der Waals surface area contributed by atoms with Gasteiger partial charge in [0, 0.05) is 22.6 Å². The van der Waals surface area contributed by atoms with Crippen molar-refractivity contribution in [2.24, 2.45) is 0 Å². The zero-order valence-corrected chi connectivity index (χ0v) is 27.2. The van der Waals surface area contributed by atoms with E-state index < -0.39 is 28.5 Å². The normalized spacial score (nSPS) is 14.6. The predicted octanol–water partition coefficient (Wildman–Crippen LogP) is 7.06. The first kappa shape index (κ1) is 32.8. The standard InChI is InChI=1S/C33H39Cl2N3O4S/c1-4-30(33(40)36-28-8-6-5-7-9-28)37(21-25-13-16-26(34)17-14-25)32(39)22-38(31-20-27(35)15-12-24(31)3)43(41,42)29-18-10-23(2)11-19-29/h10-20,28,30H,4-9,21-22H2,1-3H3,(H,36,40). The van der Waals surface area contributed by atoms with Gasteiger partial charge in [0.2, 0.25) is 11.8 Å². The van der Waals surface area contributed by atoms with Crippen molar-refractivity contribution in [3.8, 4) is 0 Å². The quantitative estimate of drug-likeness (QED) is 0.242. The van der Waals surface area contributed by atoms with E-state index in [1.54, 1.807) is 61.5 Å². The van der Waals surface area contributed by atoms with E-state index >= 15 is 0 Å². The fourth-order valence-corrected chi connectivity index (χ4v) is 7.22. The molecule has 2 amide bonds. The summed E-state index contributed by atoms with van der Waals surface area (Å²) in [5.41, 5.74) is 2.62. The Morgan fingerprint density at radius 3 is 2.16 bits per heavy atom. The maximum Gasteiger partial charge on any atom is 0.264 e. The van der Waals surface area contributed by atoms with Crippen LogP contribution in [-0.4, -0.2) is 43.8 Å². The molecule has 0 aliphatic heterocycles. The monoisotopic (exact) mass is 643 g/mol. The third-order valence-electron chi connectivity index (χ3n) is 7.93. The molecule has 1 saturated carbocycles. The lowest BCUT2D eigenvalue weighted by molar-refractivity contribution is -0.140. The summed E-state index contributed by atoms with van der Waals surface area (Å²) in [7, 11) is -4.18. The van der Waals surface area contributed by atoms with Crippen LogP contribution < -0.4 is 9.62 Å². The molecule has 43 heavy (non-hydrogen) atoms. The molecule has 1 N–H and O–H groups in total. The molecule has 1 unspecified atom stereocenters. The fourth-order valence-electron chi connectivity index (χ4n) is 5.45. The number of hydrogen-bond donors (Lipinski definition) is 1. The Morgan fingerprint density at radius 2 is 1.53 bits per heavy atom. The van der Waals surface area contributed by atoms with Gasteiger partial charge in [0.05, 0.1) is 10.6 Å². The van der Waals surface area contributed by atoms with E-state index in [1.165, 1.54) is 17.0 Å². The van der Waals surface area contributed by atoms with E-state index in [0.29, 0.717) is 27.7 Å². The van der Waals surface area contributed by atoms with Crippen LogP contribution in [0.1, 0.15) is 62.1 Å². The summed E-state index contributed by atoms with van der Waals surface area (Å²) in [5, 5.41) is 4.05. The molecule has 4 rings (SSSR count). The third-order valence-corrected chi connectivity index (χ3v) is 10.2. The Morgan fingerprint density at radius 1 is 0.907 bits per heavy atom. The van der Waals surface area contributed by atoms with Crippen LogP contribution >= 0.6 is 23.2 Å². The van der Waals surface area contributed by atoms with Crippen molar-refractivity contribution in [2.75, 3.05) is 10.8 Å². The zero-order valence-electron chi connectivity index (χ0n) is 24.9. The summed E-state index contributed by atoms with van der Waals surface area (Å²) in [6, 6.07) is 17.8. The van der Waals surface area contributed by atoms with Gasteiger partial charge in [0.15, 0.2) is 0 Å². The summed E-state index contributed by atoms with van der Waals surface area (Å²) in [6.07, 6.45) is 5.44. The SMILES string of the molecule is CCC(C(=O)NC1CCCCC1)N(Cc1ccc(Cl)cc1)C(=O)CN(c1cc(Cl)ccc1C)S(=O)(=O)c1ccc(C)cc1. The van der Waals surface area contributed by atoms with Gasteiger partial charge < -0.3 is 10.2 Å². The number of amides is 2. The zero-order chi connectivity index (χ0) is 31.1. The summed E-state index contributed by atoms with van der Waals surface area (Å²) < 4.78 is 29.3. The van der Waals surface area contributed by atoms with Crippen LogP contribution in [-0.2, 0) is 26.2 Å².